The first-order valence-corrected chi connectivity index (χ1v) is 9.26. The largest absolute Gasteiger partial charge is 0.352 e. The van der Waals surface area contributed by atoms with E-state index in [1.807, 2.05) is 27.1 Å². The zero-order valence-electron chi connectivity index (χ0n) is 13.5. The highest BCUT2D eigenvalue weighted by Gasteiger charge is 2.26. The van der Waals surface area contributed by atoms with E-state index in [0.717, 1.165) is 36.6 Å². The summed E-state index contributed by atoms with van der Waals surface area (Å²) in [6.45, 7) is 3.30. The van der Waals surface area contributed by atoms with Gasteiger partial charge in [-0.05, 0) is 12.8 Å². The normalized spacial score (nSPS) is 18.9. The van der Waals surface area contributed by atoms with Crippen molar-refractivity contribution in [2.75, 3.05) is 32.7 Å². The molecule has 4 rings (SSSR count). The van der Waals surface area contributed by atoms with Gasteiger partial charge < -0.3 is 10.2 Å². The molecule has 2 fully saturated rings. The van der Waals surface area contributed by atoms with Crippen molar-refractivity contribution in [3.8, 4) is 0 Å². The lowest BCUT2D eigenvalue weighted by Gasteiger charge is -2.34. The van der Waals surface area contributed by atoms with Crippen LogP contribution in [-0.2, 0) is 16.0 Å². The van der Waals surface area contributed by atoms with Gasteiger partial charge in [-0.25, -0.2) is 4.98 Å². The van der Waals surface area contributed by atoms with Gasteiger partial charge in [0.05, 0.1) is 18.7 Å². The molecule has 2 amide bonds. The van der Waals surface area contributed by atoms with Gasteiger partial charge in [0.15, 0.2) is 4.96 Å². The second kappa shape index (κ2) is 6.52. The highest BCUT2D eigenvalue weighted by atomic mass is 32.1. The third-order valence-electron chi connectivity index (χ3n) is 4.51. The van der Waals surface area contributed by atoms with Crippen LogP contribution >= 0.6 is 11.3 Å². The second-order valence-corrected chi connectivity index (χ2v) is 7.37. The summed E-state index contributed by atoms with van der Waals surface area (Å²) >= 11 is 1.57. The molecule has 0 bridgehead atoms. The maximum atomic E-state index is 12.4. The van der Waals surface area contributed by atoms with Gasteiger partial charge in [-0.2, -0.15) is 0 Å². The first-order valence-electron chi connectivity index (χ1n) is 8.38. The number of carbonyl (C=O) groups excluding carboxylic acids is 2. The minimum atomic E-state index is 0.107. The molecule has 2 aliphatic rings. The van der Waals surface area contributed by atoms with E-state index in [1.165, 1.54) is 0 Å². The lowest BCUT2D eigenvalue weighted by atomic mass is 10.2. The Kier molecular flexibility index (Phi) is 4.24. The van der Waals surface area contributed by atoms with Crippen LogP contribution in [0.1, 0.15) is 18.5 Å². The Balaban J connectivity index is 1.24. The first kappa shape index (κ1) is 15.6. The SMILES string of the molecule is O=C(CN1CCN(C(=O)Cc2cn3ccsc3n2)CC1)NC1CC1. The summed E-state index contributed by atoms with van der Waals surface area (Å²) in [4.78, 5) is 33.6. The Hall–Kier alpha value is -1.93. The van der Waals surface area contributed by atoms with Gasteiger partial charge in [-0.3, -0.25) is 18.9 Å². The van der Waals surface area contributed by atoms with Crippen LogP contribution in [0.4, 0.5) is 0 Å². The van der Waals surface area contributed by atoms with Gasteiger partial charge >= 0.3 is 0 Å². The minimum Gasteiger partial charge on any atom is -0.352 e. The standard InChI is InChI=1S/C16H21N5O2S/c22-14(17-12-1-2-12)11-19-3-5-20(6-4-19)15(23)9-13-10-21-7-8-24-16(21)18-13/h7-8,10,12H,1-6,9,11H2,(H,17,22). The molecule has 8 heteroatoms. The highest BCUT2D eigenvalue weighted by Crippen LogP contribution is 2.18. The molecule has 128 valence electrons. The van der Waals surface area contributed by atoms with Gasteiger partial charge in [0.1, 0.15) is 0 Å². The number of carbonyl (C=O) groups is 2. The average molecular weight is 347 g/mol. The second-order valence-electron chi connectivity index (χ2n) is 6.50. The average Bonchev–Trinajstić information content (AvgIpc) is 3.12. The molecular formula is C16H21N5O2S. The first-order chi connectivity index (χ1) is 11.7. The lowest BCUT2D eigenvalue weighted by molar-refractivity contribution is -0.132. The van der Waals surface area contributed by atoms with E-state index in [-0.39, 0.29) is 11.8 Å². The van der Waals surface area contributed by atoms with Gasteiger partial charge in [-0.1, -0.05) is 0 Å². The third kappa shape index (κ3) is 3.59. The quantitative estimate of drug-likeness (QED) is 0.848. The van der Waals surface area contributed by atoms with E-state index in [0.29, 0.717) is 32.1 Å². The van der Waals surface area contributed by atoms with Gasteiger partial charge in [0.2, 0.25) is 11.8 Å². The van der Waals surface area contributed by atoms with E-state index >= 15 is 0 Å². The van der Waals surface area contributed by atoms with Crippen LogP contribution in [0, 0.1) is 0 Å². The van der Waals surface area contributed by atoms with Crippen LogP contribution in [0.3, 0.4) is 0 Å². The molecule has 1 aliphatic carbocycles. The number of nitrogens with one attached hydrogen (secondary N) is 1. The molecule has 1 saturated carbocycles. The smallest absolute Gasteiger partial charge is 0.234 e. The van der Waals surface area contributed by atoms with Crippen LogP contribution in [0.15, 0.2) is 17.8 Å². The van der Waals surface area contributed by atoms with E-state index < -0.39 is 0 Å². The molecule has 0 unspecified atom stereocenters. The fourth-order valence-corrected chi connectivity index (χ4v) is 3.71. The number of imidazole rings is 1. The van der Waals surface area contributed by atoms with Gasteiger partial charge in [-0.15, -0.1) is 11.3 Å². The summed E-state index contributed by atoms with van der Waals surface area (Å²) < 4.78 is 1.95. The Morgan fingerprint density at radius 2 is 2.04 bits per heavy atom. The Morgan fingerprint density at radius 1 is 1.25 bits per heavy atom. The predicted molar refractivity (Wildman–Crippen MR) is 91.0 cm³/mol. The summed E-state index contributed by atoms with van der Waals surface area (Å²) in [5, 5.41) is 4.99. The molecule has 0 radical (unpaired) electrons. The van der Waals surface area contributed by atoms with Crippen molar-refractivity contribution >= 4 is 28.1 Å². The molecule has 0 aromatic carbocycles. The summed E-state index contributed by atoms with van der Waals surface area (Å²) in [5.41, 5.74) is 0.818. The molecule has 24 heavy (non-hydrogen) atoms. The summed E-state index contributed by atoms with van der Waals surface area (Å²) in [6, 6.07) is 0.407. The molecule has 0 atom stereocenters. The molecule has 1 N–H and O–H groups in total. The van der Waals surface area contributed by atoms with E-state index in [2.05, 4.69) is 15.2 Å². The minimum absolute atomic E-state index is 0.107. The van der Waals surface area contributed by atoms with Gasteiger partial charge in [0.25, 0.3) is 0 Å². The topological polar surface area (TPSA) is 70.0 Å². The molecular weight excluding hydrogens is 326 g/mol. The highest BCUT2D eigenvalue weighted by molar-refractivity contribution is 7.15. The van der Waals surface area contributed by atoms with Crippen molar-refractivity contribution < 1.29 is 9.59 Å². The van der Waals surface area contributed by atoms with Crippen molar-refractivity contribution in [1.29, 1.82) is 0 Å². The predicted octanol–water partition coefficient (Wildman–Crippen LogP) is 0.361. The van der Waals surface area contributed by atoms with Crippen LogP contribution < -0.4 is 5.32 Å². The molecule has 1 saturated heterocycles. The van der Waals surface area contributed by atoms with Gasteiger partial charge in [0, 0.05) is 50.0 Å². The zero-order chi connectivity index (χ0) is 16.5. The monoisotopic (exact) mass is 347 g/mol. The number of aromatic nitrogens is 2. The molecule has 2 aromatic rings. The fraction of sp³-hybridized carbons (Fsp3) is 0.562. The van der Waals surface area contributed by atoms with Crippen LogP contribution in [0.2, 0.25) is 0 Å². The number of piperazine rings is 1. The molecule has 1 aliphatic heterocycles. The summed E-state index contributed by atoms with van der Waals surface area (Å²) in [5.74, 6) is 0.221. The number of thiazole rings is 1. The van der Waals surface area contributed by atoms with Crippen molar-refractivity contribution in [1.82, 2.24) is 24.5 Å². The fourth-order valence-electron chi connectivity index (χ4n) is 2.99. The van der Waals surface area contributed by atoms with Crippen molar-refractivity contribution in [3.05, 3.63) is 23.5 Å². The number of nitrogens with zero attached hydrogens (tertiary/aromatic N) is 4. The van der Waals surface area contributed by atoms with E-state index in [4.69, 9.17) is 0 Å². The maximum absolute atomic E-state index is 12.4. The zero-order valence-corrected chi connectivity index (χ0v) is 14.3. The Labute approximate surface area is 144 Å². The number of hydrogen-bond donors (Lipinski definition) is 1. The molecule has 0 spiro atoms. The summed E-state index contributed by atoms with van der Waals surface area (Å²) in [6.07, 6.45) is 6.44. The molecule has 7 nitrogen and oxygen atoms in total. The Morgan fingerprint density at radius 3 is 2.75 bits per heavy atom. The maximum Gasteiger partial charge on any atom is 0.234 e. The number of hydrogen-bond acceptors (Lipinski definition) is 5. The van der Waals surface area contributed by atoms with Crippen LogP contribution in [0.25, 0.3) is 4.96 Å². The number of rotatable bonds is 5. The van der Waals surface area contributed by atoms with Crippen LogP contribution in [0.5, 0.6) is 0 Å². The van der Waals surface area contributed by atoms with Crippen molar-refractivity contribution in [2.24, 2.45) is 0 Å². The van der Waals surface area contributed by atoms with E-state index in [9.17, 15) is 9.59 Å². The molecule has 3 heterocycles. The molecule has 2 aromatic heterocycles. The summed E-state index contributed by atoms with van der Waals surface area (Å²) in [7, 11) is 0. The number of fused-ring (bicyclic) bond motifs is 1. The third-order valence-corrected chi connectivity index (χ3v) is 5.28. The lowest BCUT2D eigenvalue weighted by Crippen LogP contribution is -2.51. The van der Waals surface area contributed by atoms with Crippen molar-refractivity contribution in [3.63, 3.8) is 0 Å². The Bertz CT molecular complexity index is 714. The van der Waals surface area contributed by atoms with Crippen molar-refractivity contribution in [2.45, 2.75) is 25.3 Å². The van der Waals surface area contributed by atoms with E-state index in [1.54, 1.807) is 11.3 Å². The number of amides is 2. The van der Waals surface area contributed by atoms with Crippen LogP contribution in [-0.4, -0.2) is 69.8 Å².